The average Bonchev–Trinajstić information content (AvgIpc) is 2.28. The van der Waals surface area contributed by atoms with E-state index in [1.54, 1.807) is 6.92 Å². The smallest absolute Gasteiger partial charge is 0.210 e. The van der Waals surface area contributed by atoms with Crippen LogP contribution in [0.3, 0.4) is 0 Å². The number of ether oxygens (including phenoxy) is 2. The van der Waals surface area contributed by atoms with Gasteiger partial charge in [0, 0.05) is 5.56 Å². The van der Waals surface area contributed by atoms with Crippen molar-refractivity contribution in [2.45, 2.75) is 13.8 Å². The van der Waals surface area contributed by atoms with Gasteiger partial charge in [0.1, 0.15) is 0 Å². The van der Waals surface area contributed by atoms with Crippen molar-refractivity contribution in [2.75, 3.05) is 13.2 Å². The quantitative estimate of drug-likeness (QED) is 0.744. The minimum Gasteiger partial charge on any atom is -0.490 e. The molecule has 0 unspecified atom stereocenters. The zero-order valence-corrected chi connectivity index (χ0v) is 9.07. The Morgan fingerprint density at radius 1 is 0.875 bits per heavy atom. The highest BCUT2D eigenvalue weighted by Crippen LogP contribution is 2.35. The summed E-state index contributed by atoms with van der Waals surface area (Å²) < 4.78 is 49.8. The number of benzene rings is 1. The lowest BCUT2D eigenvalue weighted by Gasteiger charge is -2.14. The third-order valence-electron chi connectivity index (χ3n) is 1.91. The molecule has 0 N–H and O–H groups in total. The van der Waals surface area contributed by atoms with Crippen LogP contribution in [0.1, 0.15) is 19.4 Å². The van der Waals surface area contributed by atoms with Crippen LogP contribution in [0.25, 0.3) is 0 Å². The maximum absolute atomic E-state index is 13.7. The van der Waals surface area contributed by atoms with E-state index < -0.39 is 34.5 Å². The summed E-state index contributed by atoms with van der Waals surface area (Å²) in [7, 11) is 0. The molecule has 16 heavy (non-hydrogen) atoms. The van der Waals surface area contributed by atoms with E-state index in [1.165, 1.54) is 6.92 Å². The molecule has 0 aromatic heterocycles. The molecule has 1 aromatic rings. The molecule has 0 spiro atoms. The monoisotopic (exact) mass is 233 g/mol. The van der Waals surface area contributed by atoms with Gasteiger partial charge in [0.05, 0.1) is 13.2 Å². The Kier molecular flexibility index (Phi) is 4.04. The number of rotatable bonds is 4. The van der Waals surface area contributed by atoms with E-state index in [0.29, 0.717) is 0 Å². The Balaban J connectivity index is 3.39. The fourth-order valence-electron chi connectivity index (χ4n) is 1.23. The third-order valence-corrected chi connectivity index (χ3v) is 1.91. The van der Waals surface area contributed by atoms with Crippen molar-refractivity contribution >= 4 is 0 Å². The number of halogens is 3. The molecular weight excluding hydrogens is 221 g/mol. The van der Waals surface area contributed by atoms with Crippen molar-refractivity contribution < 1.29 is 22.6 Å². The normalized spacial score (nSPS) is 10.4. The van der Waals surface area contributed by atoms with Crippen LogP contribution >= 0.6 is 0 Å². The molecule has 0 atom stereocenters. The molecule has 1 aromatic carbocycles. The lowest BCUT2D eigenvalue weighted by molar-refractivity contribution is 0.270. The summed E-state index contributed by atoms with van der Waals surface area (Å²) in [5.74, 6) is -4.88. The Morgan fingerprint density at radius 3 is 1.88 bits per heavy atom. The Bertz CT molecular complexity index is 358. The van der Waals surface area contributed by atoms with E-state index in [4.69, 9.17) is 9.47 Å². The van der Waals surface area contributed by atoms with Gasteiger partial charge < -0.3 is 9.47 Å². The maximum Gasteiger partial charge on any atom is 0.210 e. The molecule has 0 fully saturated rings. The van der Waals surface area contributed by atoms with E-state index in [-0.39, 0.29) is 13.2 Å². The predicted octanol–water partition coefficient (Wildman–Crippen LogP) is 3.08. The molecule has 1 radical (unpaired) electrons. The molecule has 5 heteroatoms. The van der Waals surface area contributed by atoms with Gasteiger partial charge >= 0.3 is 0 Å². The molecule has 0 heterocycles. The second-order valence-corrected chi connectivity index (χ2v) is 2.94. The van der Waals surface area contributed by atoms with Crippen LogP contribution in [-0.4, -0.2) is 13.2 Å². The van der Waals surface area contributed by atoms with Crippen molar-refractivity contribution in [1.29, 1.82) is 0 Å². The van der Waals surface area contributed by atoms with Crippen molar-refractivity contribution in [3.63, 3.8) is 0 Å². The summed E-state index contributed by atoms with van der Waals surface area (Å²) in [6.45, 7) is 6.50. The zero-order chi connectivity index (χ0) is 12.3. The van der Waals surface area contributed by atoms with Gasteiger partial charge in [0.25, 0.3) is 0 Å². The van der Waals surface area contributed by atoms with E-state index in [1.807, 2.05) is 0 Å². The van der Waals surface area contributed by atoms with E-state index >= 15 is 0 Å². The minimum atomic E-state index is -1.38. The van der Waals surface area contributed by atoms with E-state index in [2.05, 4.69) is 6.92 Å². The second-order valence-electron chi connectivity index (χ2n) is 2.94. The van der Waals surface area contributed by atoms with Gasteiger partial charge in [-0.2, -0.15) is 8.78 Å². The summed E-state index contributed by atoms with van der Waals surface area (Å²) in [4.78, 5) is 0. The minimum absolute atomic E-state index is 0.0231. The van der Waals surface area contributed by atoms with Crippen LogP contribution in [0.2, 0.25) is 0 Å². The molecule has 0 saturated carbocycles. The number of hydrogen-bond acceptors (Lipinski definition) is 2. The van der Waals surface area contributed by atoms with Crippen molar-refractivity contribution in [3.8, 4) is 11.5 Å². The lowest BCUT2D eigenvalue weighted by atomic mass is 10.1. The fraction of sp³-hybridized carbons (Fsp3) is 0.364. The molecule has 0 amide bonds. The highest BCUT2D eigenvalue weighted by atomic mass is 19.2. The topological polar surface area (TPSA) is 18.5 Å². The molecule has 0 saturated heterocycles. The van der Waals surface area contributed by atoms with Gasteiger partial charge in [0.2, 0.25) is 11.6 Å². The van der Waals surface area contributed by atoms with Gasteiger partial charge in [-0.15, -0.1) is 0 Å². The van der Waals surface area contributed by atoms with E-state index in [0.717, 1.165) is 0 Å². The van der Waals surface area contributed by atoms with Gasteiger partial charge in [-0.05, 0) is 20.8 Å². The highest BCUT2D eigenvalue weighted by Gasteiger charge is 2.24. The molecule has 2 nitrogen and oxygen atoms in total. The SMILES string of the molecule is [CH2]c1c(F)c(F)c(OCC)c(F)c1OCC. The summed E-state index contributed by atoms with van der Waals surface area (Å²) >= 11 is 0. The van der Waals surface area contributed by atoms with Gasteiger partial charge in [-0.25, -0.2) is 4.39 Å². The largest absolute Gasteiger partial charge is 0.490 e. The van der Waals surface area contributed by atoms with Gasteiger partial charge in [-0.1, -0.05) is 0 Å². The van der Waals surface area contributed by atoms with Crippen molar-refractivity contribution in [2.24, 2.45) is 0 Å². The fourth-order valence-corrected chi connectivity index (χ4v) is 1.23. The van der Waals surface area contributed by atoms with Crippen LogP contribution in [-0.2, 0) is 0 Å². The summed E-state index contributed by atoms with van der Waals surface area (Å²) in [6.07, 6.45) is 0. The van der Waals surface area contributed by atoms with E-state index in [9.17, 15) is 13.2 Å². The third kappa shape index (κ3) is 2.08. The first-order chi connectivity index (χ1) is 7.54. The van der Waals surface area contributed by atoms with Crippen molar-refractivity contribution in [3.05, 3.63) is 29.9 Å². The molecular formula is C11H12F3O2. The molecule has 0 aliphatic heterocycles. The second kappa shape index (κ2) is 5.09. The first kappa shape index (κ1) is 12.7. The lowest BCUT2D eigenvalue weighted by Crippen LogP contribution is -2.06. The Morgan fingerprint density at radius 2 is 1.38 bits per heavy atom. The van der Waals surface area contributed by atoms with Gasteiger partial charge in [0.15, 0.2) is 17.3 Å². The predicted molar refractivity (Wildman–Crippen MR) is 53.1 cm³/mol. The molecule has 0 aliphatic rings. The Hall–Kier alpha value is -1.39. The average molecular weight is 233 g/mol. The van der Waals surface area contributed by atoms with Crippen LogP contribution in [0.4, 0.5) is 13.2 Å². The maximum atomic E-state index is 13.7. The summed E-state index contributed by atoms with van der Waals surface area (Å²) in [5, 5.41) is 0. The summed E-state index contributed by atoms with van der Waals surface area (Å²) in [5.41, 5.74) is -0.444. The first-order valence-electron chi connectivity index (χ1n) is 4.82. The van der Waals surface area contributed by atoms with Crippen LogP contribution in [0.15, 0.2) is 0 Å². The Labute approximate surface area is 92.0 Å². The van der Waals surface area contributed by atoms with Gasteiger partial charge in [-0.3, -0.25) is 0 Å². The van der Waals surface area contributed by atoms with Crippen LogP contribution in [0, 0.1) is 24.4 Å². The first-order valence-corrected chi connectivity index (χ1v) is 4.82. The molecule has 0 bridgehead atoms. The molecule has 0 aliphatic carbocycles. The van der Waals surface area contributed by atoms with Crippen LogP contribution < -0.4 is 9.47 Å². The highest BCUT2D eigenvalue weighted by molar-refractivity contribution is 5.46. The number of hydrogen-bond donors (Lipinski definition) is 0. The molecule has 1 rings (SSSR count). The standard InChI is InChI=1S/C11H12F3O2/c1-4-15-10-6(3)7(12)8(13)11(9(10)14)16-5-2/h3-5H2,1-2H3. The molecule has 89 valence electrons. The summed E-state index contributed by atoms with van der Waals surface area (Å²) in [6, 6.07) is 0. The van der Waals surface area contributed by atoms with Crippen LogP contribution in [0.5, 0.6) is 11.5 Å². The van der Waals surface area contributed by atoms with Crippen molar-refractivity contribution in [1.82, 2.24) is 0 Å². The zero-order valence-electron chi connectivity index (χ0n) is 9.07.